The monoisotopic (exact) mass is 846 g/mol. The van der Waals surface area contributed by atoms with Crippen LogP contribution in [0.2, 0.25) is 0 Å². The SMILES string of the molecule is CCCCCCCCCCCCCCCCCCCCCCCC(=O)O[C@H](COCCCCCCCCCCCCCCCCCCCC)COP(=O)(O)OCCN. The van der Waals surface area contributed by atoms with Crippen molar-refractivity contribution < 1.29 is 32.8 Å². The molecule has 0 aromatic rings. The first-order chi connectivity index (χ1) is 28.4. The fraction of sp³-hybridized carbons (Fsp3) is 0.980. The van der Waals surface area contributed by atoms with Gasteiger partial charge in [-0.15, -0.1) is 0 Å². The molecule has 58 heavy (non-hydrogen) atoms. The van der Waals surface area contributed by atoms with Crippen LogP contribution in [0, 0.1) is 0 Å². The zero-order valence-corrected chi connectivity index (χ0v) is 39.7. The largest absolute Gasteiger partial charge is 0.472 e. The molecule has 0 aromatic carbocycles. The molecule has 0 radical (unpaired) electrons. The van der Waals surface area contributed by atoms with E-state index in [-0.39, 0.29) is 32.3 Å². The van der Waals surface area contributed by atoms with E-state index in [4.69, 9.17) is 24.3 Å². The molecule has 9 heteroatoms. The number of rotatable bonds is 50. The van der Waals surface area contributed by atoms with Gasteiger partial charge in [0.2, 0.25) is 0 Å². The molecule has 0 aliphatic rings. The molecule has 0 rings (SSSR count). The van der Waals surface area contributed by atoms with Gasteiger partial charge in [-0.05, 0) is 12.8 Å². The van der Waals surface area contributed by atoms with Crippen molar-refractivity contribution in [1.29, 1.82) is 0 Å². The molecule has 0 amide bonds. The Bertz CT molecular complexity index is 863. The van der Waals surface area contributed by atoms with Crippen molar-refractivity contribution in [3.05, 3.63) is 0 Å². The van der Waals surface area contributed by atoms with E-state index in [0.29, 0.717) is 13.0 Å². The van der Waals surface area contributed by atoms with Crippen molar-refractivity contribution >= 4 is 13.8 Å². The van der Waals surface area contributed by atoms with Crippen LogP contribution >= 0.6 is 7.82 Å². The van der Waals surface area contributed by atoms with E-state index in [0.717, 1.165) is 32.1 Å². The number of unbranched alkanes of at least 4 members (excludes halogenated alkanes) is 37. The molecule has 0 saturated carbocycles. The number of carbonyl (C=O) groups excluding carboxylic acids is 1. The molecule has 1 unspecified atom stereocenters. The lowest BCUT2D eigenvalue weighted by Gasteiger charge is -2.20. The van der Waals surface area contributed by atoms with Crippen LogP contribution in [0.3, 0.4) is 0 Å². The number of carbonyl (C=O) groups is 1. The Kier molecular flexibility index (Phi) is 47.1. The summed E-state index contributed by atoms with van der Waals surface area (Å²) in [5, 5.41) is 0. The summed E-state index contributed by atoms with van der Waals surface area (Å²) in [7, 11) is -4.27. The third-order valence-electron chi connectivity index (χ3n) is 11.5. The highest BCUT2D eigenvalue weighted by Crippen LogP contribution is 2.43. The molecule has 0 bridgehead atoms. The van der Waals surface area contributed by atoms with Gasteiger partial charge in [0, 0.05) is 19.6 Å². The van der Waals surface area contributed by atoms with Crippen LogP contribution in [0.15, 0.2) is 0 Å². The molecule has 0 aliphatic heterocycles. The van der Waals surface area contributed by atoms with Gasteiger partial charge in [0.15, 0.2) is 0 Å². The van der Waals surface area contributed by atoms with Crippen LogP contribution in [-0.4, -0.2) is 49.9 Å². The van der Waals surface area contributed by atoms with E-state index in [1.54, 1.807) is 0 Å². The minimum Gasteiger partial charge on any atom is -0.457 e. The Balaban J connectivity index is 3.88. The van der Waals surface area contributed by atoms with Crippen LogP contribution < -0.4 is 5.73 Å². The van der Waals surface area contributed by atoms with Crippen LogP contribution in [0.5, 0.6) is 0 Å². The lowest BCUT2D eigenvalue weighted by molar-refractivity contribution is -0.154. The van der Waals surface area contributed by atoms with E-state index in [1.165, 1.54) is 218 Å². The summed E-state index contributed by atoms with van der Waals surface area (Å²) in [6.07, 6.45) is 51.3. The molecule has 0 fully saturated rings. The number of ether oxygens (including phenoxy) is 2. The van der Waals surface area contributed by atoms with Crippen LogP contribution in [0.1, 0.15) is 271 Å². The maximum Gasteiger partial charge on any atom is 0.472 e. The molecule has 8 nitrogen and oxygen atoms in total. The third-order valence-corrected chi connectivity index (χ3v) is 12.5. The number of hydrogen-bond acceptors (Lipinski definition) is 7. The topological polar surface area (TPSA) is 117 Å². The van der Waals surface area contributed by atoms with E-state index in [1.807, 2.05) is 0 Å². The van der Waals surface area contributed by atoms with Gasteiger partial charge in [-0.2, -0.15) is 0 Å². The standard InChI is InChI=1S/C49H100NO7P/c1-3-5-7-9-11-13-15-17-19-21-23-24-25-26-28-30-32-34-36-38-40-42-49(51)57-48(47-56-58(52,53)55-45-43-50)46-54-44-41-39-37-35-33-31-29-27-22-20-18-16-14-12-10-8-6-4-2/h48H,3-47,50H2,1-2H3,(H,52,53)/t48-/m1/s1. The van der Waals surface area contributed by atoms with Crippen LogP contribution in [-0.2, 0) is 27.9 Å². The first-order valence-electron chi connectivity index (χ1n) is 25.5. The predicted octanol–water partition coefficient (Wildman–Crippen LogP) is 15.7. The molecule has 0 spiro atoms. The summed E-state index contributed by atoms with van der Waals surface area (Å²) in [5.74, 6) is -0.321. The Morgan fingerprint density at radius 2 is 0.759 bits per heavy atom. The molecular formula is C49H100NO7P. The van der Waals surface area contributed by atoms with Gasteiger partial charge in [-0.25, -0.2) is 4.57 Å². The number of phosphoric acid groups is 1. The predicted molar refractivity (Wildman–Crippen MR) is 248 cm³/mol. The van der Waals surface area contributed by atoms with Gasteiger partial charge >= 0.3 is 13.8 Å². The minimum atomic E-state index is -4.27. The van der Waals surface area contributed by atoms with E-state index < -0.39 is 13.9 Å². The van der Waals surface area contributed by atoms with Gasteiger partial charge in [-0.1, -0.05) is 251 Å². The number of hydrogen-bond donors (Lipinski definition) is 2. The van der Waals surface area contributed by atoms with Crippen molar-refractivity contribution in [1.82, 2.24) is 0 Å². The fourth-order valence-corrected chi connectivity index (χ4v) is 8.53. The summed E-state index contributed by atoms with van der Waals surface area (Å²) in [6, 6.07) is 0. The average molecular weight is 846 g/mol. The summed E-state index contributed by atoms with van der Waals surface area (Å²) in [6.45, 7) is 5.01. The molecule has 0 aliphatic carbocycles. The van der Waals surface area contributed by atoms with Crippen molar-refractivity contribution in [2.75, 3.05) is 33.0 Å². The lowest BCUT2D eigenvalue weighted by atomic mass is 10.0. The second-order valence-corrected chi connectivity index (χ2v) is 18.9. The van der Waals surface area contributed by atoms with Crippen molar-refractivity contribution in [2.45, 2.75) is 277 Å². The van der Waals surface area contributed by atoms with Crippen LogP contribution in [0.25, 0.3) is 0 Å². The summed E-state index contributed by atoms with van der Waals surface area (Å²) >= 11 is 0. The smallest absolute Gasteiger partial charge is 0.457 e. The normalized spacial score (nSPS) is 13.2. The Labute approximate surface area is 361 Å². The molecule has 0 aromatic heterocycles. The summed E-state index contributed by atoms with van der Waals surface area (Å²) in [4.78, 5) is 22.6. The molecule has 0 saturated heterocycles. The quantitative estimate of drug-likeness (QED) is 0.0353. The first-order valence-corrected chi connectivity index (χ1v) is 27.0. The molecule has 2 atom stereocenters. The van der Waals surface area contributed by atoms with Crippen LogP contribution in [0.4, 0.5) is 0 Å². The highest BCUT2D eigenvalue weighted by atomic mass is 31.2. The average Bonchev–Trinajstić information content (AvgIpc) is 3.21. The Morgan fingerprint density at radius 3 is 1.09 bits per heavy atom. The van der Waals surface area contributed by atoms with E-state index >= 15 is 0 Å². The van der Waals surface area contributed by atoms with Gasteiger partial charge in [-0.3, -0.25) is 13.8 Å². The molecule has 3 N–H and O–H groups in total. The fourth-order valence-electron chi connectivity index (χ4n) is 7.77. The Morgan fingerprint density at radius 1 is 0.448 bits per heavy atom. The zero-order valence-electron chi connectivity index (χ0n) is 38.8. The number of esters is 1. The van der Waals surface area contributed by atoms with Gasteiger partial charge in [0.25, 0.3) is 0 Å². The number of phosphoric ester groups is 1. The second kappa shape index (κ2) is 47.5. The van der Waals surface area contributed by atoms with Crippen molar-refractivity contribution in [2.24, 2.45) is 5.73 Å². The van der Waals surface area contributed by atoms with Gasteiger partial charge in [0.1, 0.15) is 6.10 Å². The highest BCUT2D eigenvalue weighted by Gasteiger charge is 2.25. The second-order valence-electron chi connectivity index (χ2n) is 17.4. The summed E-state index contributed by atoms with van der Waals surface area (Å²) < 4.78 is 33.6. The van der Waals surface area contributed by atoms with Crippen molar-refractivity contribution in [3.8, 4) is 0 Å². The maximum atomic E-state index is 12.6. The Hall–Kier alpha value is -0.500. The van der Waals surface area contributed by atoms with Crippen molar-refractivity contribution in [3.63, 3.8) is 0 Å². The van der Waals surface area contributed by atoms with E-state index in [9.17, 15) is 14.3 Å². The van der Waals surface area contributed by atoms with E-state index in [2.05, 4.69) is 13.8 Å². The van der Waals surface area contributed by atoms with Gasteiger partial charge in [0.05, 0.1) is 19.8 Å². The summed E-state index contributed by atoms with van der Waals surface area (Å²) in [5.41, 5.74) is 5.39. The number of nitrogens with two attached hydrogens (primary N) is 1. The zero-order chi connectivity index (χ0) is 42.3. The first kappa shape index (κ1) is 57.5. The molecular weight excluding hydrogens is 746 g/mol. The lowest BCUT2D eigenvalue weighted by Crippen LogP contribution is -2.28. The maximum absolute atomic E-state index is 12.6. The van der Waals surface area contributed by atoms with Gasteiger partial charge < -0.3 is 20.1 Å². The molecule has 348 valence electrons. The third kappa shape index (κ3) is 46.6. The molecule has 0 heterocycles. The highest BCUT2D eigenvalue weighted by molar-refractivity contribution is 7.47. The minimum absolute atomic E-state index is 0.0897.